The van der Waals surface area contributed by atoms with Crippen LogP contribution in [0.1, 0.15) is 12.5 Å². The summed E-state index contributed by atoms with van der Waals surface area (Å²) in [5.41, 5.74) is 1.50. The van der Waals surface area contributed by atoms with Crippen molar-refractivity contribution in [1.29, 1.82) is 0 Å². The minimum Gasteiger partial charge on any atom is -0.374 e. The van der Waals surface area contributed by atoms with E-state index in [1.807, 2.05) is 19.9 Å². The van der Waals surface area contributed by atoms with Gasteiger partial charge in [0.05, 0.1) is 4.92 Å². The largest absolute Gasteiger partial charge is 0.374 e. The van der Waals surface area contributed by atoms with Crippen LogP contribution in [-0.2, 0) is 0 Å². The van der Waals surface area contributed by atoms with Gasteiger partial charge in [0.25, 0.3) is 5.69 Å². The average Bonchev–Trinajstić information content (AvgIpc) is 2.20. The summed E-state index contributed by atoms with van der Waals surface area (Å²) in [5.74, 6) is 0. The Bertz CT molecular complexity index is 388. The van der Waals surface area contributed by atoms with Gasteiger partial charge in [0.1, 0.15) is 5.69 Å². The SMILES string of the molecule is C=CC(C)Nc1ccc(C)cc1[N+](=O)[O-]. The number of nitrogens with zero attached hydrogens (tertiary/aromatic N) is 1. The Balaban J connectivity index is 3.05. The maximum absolute atomic E-state index is 10.8. The first-order valence-corrected chi connectivity index (χ1v) is 4.68. The maximum Gasteiger partial charge on any atom is 0.292 e. The molecule has 1 unspecified atom stereocenters. The van der Waals surface area contributed by atoms with E-state index in [0.717, 1.165) is 5.56 Å². The highest BCUT2D eigenvalue weighted by molar-refractivity contribution is 5.63. The zero-order valence-corrected chi connectivity index (χ0v) is 8.86. The van der Waals surface area contributed by atoms with Gasteiger partial charge in [0.2, 0.25) is 0 Å². The Morgan fingerprint density at radius 2 is 2.27 bits per heavy atom. The molecule has 0 heterocycles. The molecule has 0 saturated carbocycles. The van der Waals surface area contributed by atoms with Gasteiger partial charge in [-0.1, -0.05) is 12.1 Å². The van der Waals surface area contributed by atoms with Gasteiger partial charge in [0, 0.05) is 12.1 Å². The zero-order chi connectivity index (χ0) is 11.4. The third kappa shape index (κ3) is 2.80. The molecule has 1 N–H and O–H groups in total. The van der Waals surface area contributed by atoms with Crippen molar-refractivity contribution >= 4 is 11.4 Å². The van der Waals surface area contributed by atoms with Crippen molar-refractivity contribution in [3.8, 4) is 0 Å². The van der Waals surface area contributed by atoms with Crippen molar-refractivity contribution in [3.05, 3.63) is 46.5 Å². The molecule has 1 aromatic carbocycles. The van der Waals surface area contributed by atoms with E-state index < -0.39 is 0 Å². The van der Waals surface area contributed by atoms with Crippen LogP contribution in [0.25, 0.3) is 0 Å². The van der Waals surface area contributed by atoms with Gasteiger partial charge in [-0.05, 0) is 25.5 Å². The second-order valence-electron chi connectivity index (χ2n) is 3.45. The van der Waals surface area contributed by atoms with Crippen LogP contribution in [0.3, 0.4) is 0 Å². The van der Waals surface area contributed by atoms with Crippen molar-refractivity contribution in [1.82, 2.24) is 0 Å². The molecule has 4 heteroatoms. The Kier molecular flexibility index (Phi) is 3.44. The summed E-state index contributed by atoms with van der Waals surface area (Å²) in [6.45, 7) is 7.33. The molecule has 0 aliphatic heterocycles. The van der Waals surface area contributed by atoms with Gasteiger partial charge in [0.15, 0.2) is 0 Å². The third-order valence-corrected chi connectivity index (χ3v) is 2.09. The van der Waals surface area contributed by atoms with Crippen LogP contribution in [0.4, 0.5) is 11.4 Å². The van der Waals surface area contributed by atoms with Crippen LogP contribution < -0.4 is 5.32 Å². The predicted molar refractivity (Wildman–Crippen MR) is 61.1 cm³/mol. The van der Waals surface area contributed by atoms with Crippen molar-refractivity contribution in [3.63, 3.8) is 0 Å². The summed E-state index contributed by atoms with van der Waals surface area (Å²) in [7, 11) is 0. The Hall–Kier alpha value is -1.84. The standard InChI is InChI=1S/C11H14N2O2/c1-4-9(3)12-10-6-5-8(2)7-11(10)13(14)15/h4-7,9,12H,1H2,2-3H3. The monoisotopic (exact) mass is 206 g/mol. The first-order chi connectivity index (χ1) is 7.04. The first kappa shape index (κ1) is 11.2. The lowest BCUT2D eigenvalue weighted by Gasteiger charge is -2.11. The number of hydrogen-bond acceptors (Lipinski definition) is 3. The molecule has 1 atom stereocenters. The van der Waals surface area contributed by atoms with Crippen molar-refractivity contribution in [2.45, 2.75) is 19.9 Å². The summed E-state index contributed by atoms with van der Waals surface area (Å²) in [4.78, 5) is 10.4. The van der Waals surface area contributed by atoms with Gasteiger partial charge >= 0.3 is 0 Å². The lowest BCUT2D eigenvalue weighted by Crippen LogP contribution is -2.12. The fraction of sp³-hybridized carbons (Fsp3) is 0.273. The molecule has 80 valence electrons. The van der Waals surface area contributed by atoms with Crippen LogP contribution in [-0.4, -0.2) is 11.0 Å². The van der Waals surface area contributed by atoms with Crippen LogP contribution in [0, 0.1) is 17.0 Å². The van der Waals surface area contributed by atoms with Gasteiger partial charge in [-0.25, -0.2) is 0 Å². The molecule has 0 saturated heterocycles. The van der Waals surface area contributed by atoms with E-state index in [-0.39, 0.29) is 16.7 Å². The second kappa shape index (κ2) is 4.59. The Morgan fingerprint density at radius 1 is 1.60 bits per heavy atom. The minimum absolute atomic E-state index is 0.00593. The van der Waals surface area contributed by atoms with E-state index in [9.17, 15) is 10.1 Å². The molecule has 1 rings (SSSR count). The first-order valence-electron chi connectivity index (χ1n) is 4.68. The Morgan fingerprint density at radius 3 is 2.80 bits per heavy atom. The number of aryl methyl sites for hydroxylation is 1. The molecule has 0 bridgehead atoms. The molecule has 0 spiro atoms. The summed E-state index contributed by atoms with van der Waals surface area (Å²) < 4.78 is 0. The number of nitrogens with one attached hydrogen (secondary N) is 1. The molecule has 0 aliphatic rings. The summed E-state index contributed by atoms with van der Waals surface area (Å²) in [6.07, 6.45) is 1.70. The van der Waals surface area contributed by atoms with E-state index in [0.29, 0.717) is 5.69 Å². The number of rotatable bonds is 4. The summed E-state index contributed by atoms with van der Waals surface area (Å²) in [6, 6.07) is 5.11. The predicted octanol–water partition coefficient (Wildman–Crippen LogP) is 2.89. The van der Waals surface area contributed by atoms with Crippen LogP contribution in [0.2, 0.25) is 0 Å². The van der Waals surface area contributed by atoms with Crippen molar-refractivity contribution in [2.75, 3.05) is 5.32 Å². The van der Waals surface area contributed by atoms with E-state index in [1.165, 1.54) is 0 Å². The van der Waals surface area contributed by atoms with Crippen LogP contribution >= 0.6 is 0 Å². The number of nitro benzene ring substituents is 1. The van der Waals surface area contributed by atoms with Gasteiger partial charge < -0.3 is 5.32 Å². The fourth-order valence-electron chi connectivity index (χ4n) is 1.22. The number of nitro groups is 1. The van der Waals surface area contributed by atoms with Crippen molar-refractivity contribution in [2.24, 2.45) is 0 Å². The zero-order valence-electron chi connectivity index (χ0n) is 8.86. The molecule has 15 heavy (non-hydrogen) atoms. The van der Waals surface area contributed by atoms with E-state index in [4.69, 9.17) is 0 Å². The summed E-state index contributed by atoms with van der Waals surface area (Å²) >= 11 is 0. The van der Waals surface area contributed by atoms with Gasteiger partial charge in [-0.15, -0.1) is 6.58 Å². The van der Waals surface area contributed by atoms with Crippen LogP contribution in [0.15, 0.2) is 30.9 Å². The molecule has 0 fully saturated rings. The third-order valence-electron chi connectivity index (χ3n) is 2.09. The topological polar surface area (TPSA) is 55.2 Å². The lowest BCUT2D eigenvalue weighted by atomic mass is 10.2. The maximum atomic E-state index is 10.8. The number of anilines is 1. The highest BCUT2D eigenvalue weighted by atomic mass is 16.6. The molecular weight excluding hydrogens is 192 g/mol. The van der Waals surface area contributed by atoms with E-state index in [1.54, 1.807) is 18.2 Å². The van der Waals surface area contributed by atoms with Crippen LogP contribution in [0.5, 0.6) is 0 Å². The molecule has 1 aromatic rings. The number of benzene rings is 1. The highest BCUT2D eigenvalue weighted by Crippen LogP contribution is 2.25. The molecule has 0 aliphatic carbocycles. The van der Waals surface area contributed by atoms with E-state index in [2.05, 4.69) is 11.9 Å². The number of hydrogen-bond donors (Lipinski definition) is 1. The summed E-state index contributed by atoms with van der Waals surface area (Å²) in [5, 5.41) is 13.8. The smallest absolute Gasteiger partial charge is 0.292 e. The minimum atomic E-state index is -0.384. The molecular formula is C11H14N2O2. The lowest BCUT2D eigenvalue weighted by molar-refractivity contribution is -0.384. The molecule has 0 aromatic heterocycles. The fourth-order valence-corrected chi connectivity index (χ4v) is 1.22. The normalized spacial score (nSPS) is 11.9. The molecule has 0 radical (unpaired) electrons. The molecule has 0 amide bonds. The second-order valence-corrected chi connectivity index (χ2v) is 3.45. The Labute approximate surface area is 88.8 Å². The molecule has 4 nitrogen and oxygen atoms in total. The quantitative estimate of drug-likeness (QED) is 0.468. The highest BCUT2D eigenvalue weighted by Gasteiger charge is 2.14. The van der Waals surface area contributed by atoms with Gasteiger partial charge in [-0.3, -0.25) is 10.1 Å². The van der Waals surface area contributed by atoms with Crippen molar-refractivity contribution < 1.29 is 4.92 Å². The average molecular weight is 206 g/mol. The van der Waals surface area contributed by atoms with Gasteiger partial charge in [-0.2, -0.15) is 0 Å². The van der Waals surface area contributed by atoms with E-state index >= 15 is 0 Å².